The van der Waals surface area contributed by atoms with E-state index in [1.807, 2.05) is 0 Å². The first kappa shape index (κ1) is 12.6. The number of rotatable bonds is 3. The molecule has 0 bridgehead atoms. The summed E-state index contributed by atoms with van der Waals surface area (Å²) in [5.74, 6) is 0.0439. The molecule has 0 aliphatic rings. The van der Waals surface area contributed by atoms with Gasteiger partial charge in [0.1, 0.15) is 4.90 Å². The van der Waals surface area contributed by atoms with Gasteiger partial charge in [-0.3, -0.25) is 9.71 Å². The topological polar surface area (TPSA) is 98.0 Å². The Morgan fingerprint density at radius 3 is 2.72 bits per heavy atom. The average molecular weight is 285 g/mol. The molecule has 0 spiro atoms. The van der Waals surface area contributed by atoms with E-state index in [9.17, 15) is 8.42 Å². The Balaban J connectivity index is 2.40. The molecule has 0 aliphatic heterocycles. The van der Waals surface area contributed by atoms with Gasteiger partial charge in [-0.1, -0.05) is 11.6 Å². The van der Waals surface area contributed by atoms with Gasteiger partial charge in [0, 0.05) is 18.6 Å². The van der Waals surface area contributed by atoms with Gasteiger partial charge < -0.3 is 5.73 Å². The second kappa shape index (κ2) is 4.79. The number of hydrogen-bond acceptors (Lipinski definition) is 5. The highest BCUT2D eigenvalue weighted by Crippen LogP contribution is 2.23. The van der Waals surface area contributed by atoms with Crippen LogP contribution in [0.25, 0.3) is 0 Å². The number of sulfonamides is 1. The summed E-state index contributed by atoms with van der Waals surface area (Å²) in [6, 6.07) is 4.52. The fourth-order valence-electron chi connectivity index (χ4n) is 1.26. The number of nitrogens with two attached hydrogens (primary N) is 1. The molecule has 0 fully saturated rings. The number of aromatic nitrogens is 2. The smallest absolute Gasteiger partial charge is 0.266 e. The van der Waals surface area contributed by atoms with Crippen LogP contribution in [0.3, 0.4) is 0 Å². The van der Waals surface area contributed by atoms with Crippen LogP contribution in [-0.2, 0) is 10.0 Å². The Labute approximate surface area is 109 Å². The Hall–Kier alpha value is -1.86. The summed E-state index contributed by atoms with van der Waals surface area (Å²) in [6.45, 7) is 0. The predicted octanol–water partition coefficient (Wildman–Crippen LogP) is 1.51. The van der Waals surface area contributed by atoms with Crippen LogP contribution in [-0.4, -0.2) is 18.4 Å². The maximum atomic E-state index is 12.0. The number of pyridine rings is 2. The first-order chi connectivity index (χ1) is 8.50. The minimum Gasteiger partial charge on any atom is -0.398 e. The molecule has 3 N–H and O–H groups in total. The number of anilines is 2. The van der Waals surface area contributed by atoms with Gasteiger partial charge in [-0.15, -0.1) is 0 Å². The lowest BCUT2D eigenvalue weighted by molar-refractivity contribution is 0.601. The molecule has 2 rings (SSSR count). The normalized spacial score (nSPS) is 11.2. The van der Waals surface area contributed by atoms with Gasteiger partial charge in [0.2, 0.25) is 0 Å². The van der Waals surface area contributed by atoms with Gasteiger partial charge in [-0.05, 0) is 18.2 Å². The molecule has 2 heterocycles. The standard InChI is InChI=1S/C10H9ClN4O2S/c11-7-2-1-4-14-10(7)15-18(16,17)9-6-13-5-3-8(9)12/h1-6H,(H2,12,13)(H,14,15). The zero-order valence-corrected chi connectivity index (χ0v) is 10.6. The summed E-state index contributed by atoms with van der Waals surface area (Å²) in [5.41, 5.74) is 5.69. The summed E-state index contributed by atoms with van der Waals surface area (Å²) < 4.78 is 26.3. The van der Waals surface area contributed by atoms with Crippen LogP contribution in [0.1, 0.15) is 0 Å². The van der Waals surface area contributed by atoms with Gasteiger partial charge in [-0.25, -0.2) is 13.4 Å². The van der Waals surface area contributed by atoms with E-state index in [4.69, 9.17) is 17.3 Å². The fraction of sp³-hybridized carbons (Fsp3) is 0. The van der Waals surface area contributed by atoms with E-state index in [1.165, 1.54) is 24.5 Å². The van der Waals surface area contributed by atoms with Crippen molar-refractivity contribution in [2.45, 2.75) is 4.90 Å². The van der Waals surface area contributed by atoms with E-state index >= 15 is 0 Å². The number of nitrogens with one attached hydrogen (secondary N) is 1. The molecular weight excluding hydrogens is 276 g/mol. The van der Waals surface area contributed by atoms with E-state index in [1.54, 1.807) is 6.07 Å². The van der Waals surface area contributed by atoms with E-state index in [-0.39, 0.29) is 21.4 Å². The van der Waals surface area contributed by atoms with Crippen molar-refractivity contribution in [3.8, 4) is 0 Å². The maximum Gasteiger partial charge on any atom is 0.266 e. The van der Waals surface area contributed by atoms with Crippen LogP contribution in [0.2, 0.25) is 5.02 Å². The number of halogens is 1. The van der Waals surface area contributed by atoms with Gasteiger partial charge in [0.05, 0.1) is 10.7 Å². The SMILES string of the molecule is Nc1ccncc1S(=O)(=O)Nc1ncccc1Cl. The molecular formula is C10H9ClN4O2S. The monoisotopic (exact) mass is 284 g/mol. The molecule has 0 atom stereocenters. The third-order valence-corrected chi connectivity index (χ3v) is 3.78. The average Bonchev–Trinajstić information content (AvgIpc) is 2.32. The van der Waals surface area contributed by atoms with Crippen LogP contribution in [0.4, 0.5) is 11.5 Å². The van der Waals surface area contributed by atoms with Gasteiger partial charge in [0.25, 0.3) is 10.0 Å². The lowest BCUT2D eigenvalue weighted by atomic mass is 10.4. The lowest BCUT2D eigenvalue weighted by Crippen LogP contribution is -2.16. The van der Waals surface area contributed by atoms with Gasteiger partial charge in [0.15, 0.2) is 5.82 Å². The van der Waals surface area contributed by atoms with Crippen molar-refractivity contribution in [2.75, 3.05) is 10.5 Å². The Bertz CT molecular complexity index is 675. The third-order valence-electron chi connectivity index (χ3n) is 2.10. The second-order valence-electron chi connectivity index (χ2n) is 3.35. The summed E-state index contributed by atoms with van der Waals surface area (Å²) in [7, 11) is -3.85. The van der Waals surface area contributed by atoms with Crippen LogP contribution in [0, 0.1) is 0 Å². The number of nitrogen functional groups attached to an aromatic ring is 1. The van der Waals surface area contributed by atoms with Gasteiger partial charge >= 0.3 is 0 Å². The second-order valence-corrected chi connectivity index (χ2v) is 5.41. The zero-order valence-electron chi connectivity index (χ0n) is 9.04. The van der Waals surface area contributed by atoms with E-state index in [0.717, 1.165) is 6.20 Å². The maximum absolute atomic E-state index is 12.0. The predicted molar refractivity (Wildman–Crippen MR) is 68.7 cm³/mol. The van der Waals surface area contributed by atoms with Crippen LogP contribution < -0.4 is 10.5 Å². The Morgan fingerprint density at radius 1 is 1.28 bits per heavy atom. The van der Waals surface area contributed by atoms with Crippen molar-refractivity contribution in [2.24, 2.45) is 0 Å². The molecule has 0 unspecified atom stereocenters. The minimum atomic E-state index is -3.85. The first-order valence-electron chi connectivity index (χ1n) is 4.83. The molecule has 2 aromatic heterocycles. The van der Waals surface area contributed by atoms with E-state index in [0.29, 0.717) is 0 Å². The molecule has 8 heteroatoms. The molecule has 0 saturated carbocycles. The largest absolute Gasteiger partial charge is 0.398 e. The fourth-order valence-corrected chi connectivity index (χ4v) is 2.59. The summed E-state index contributed by atoms with van der Waals surface area (Å²) in [6.07, 6.45) is 3.99. The zero-order chi connectivity index (χ0) is 13.2. The lowest BCUT2D eigenvalue weighted by Gasteiger charge is -2.09. The van der Waals surface area contributed by atoms with Crippen molar-refractivity contribution >= 4 is 33.1 Å². The van der Waals surface area contributed by atoms with Crippen LogP contribution in [0.15, 0.2) is 41.7 Å². The summed E-state index contributed by atoms with van der Waals surface area (Å²) >= 11 is 5.82. The van der Waals surface area contributed by atoms with Crippen LogP contribution >= 0.6 is 11.6 Å². The van der Waals surface area contributed by atoms with Crippen molar-refractivity contribution < 1.29 is 8.42 Å². The Morgan fingerprint density at radius 2 is 2.06 bits per heavy atom. The summed E-state index contributed by atoms with van der Waals surface area (Å²) in [5, 5.41) is 0.198. The number of nitrogens with zero attached hydrogens (tertiary/aromatic N) is 2. The van der Waals surface area contributed by atoms with Crippen molar-refractivity contribution in [3.63, 3.8) is 0 Å². The summed E-state index contributed by atoms with van der Waals surface area (Å²) in [4.78, 5) is 7.44. The Kier molecular flexibility index (Phi) is 3.35. The molecule has 18 heavy (non-hydrogen) atoms. The highest BCUT2D eigenvalue weighted by Gasteiger charge is 2.19. The highest BCUT2D eigenvalue weighted by atomic mass is 35.5. The van der Waals surface area contributed by atoms with Crippen molar-refractivity contribution in [3.05, 3.63) is 41.8 Å². The quantitative estimate of drug-likeness (QED) is 0.890. The first-order valence-corrected chi connectivity index (χ1v) is 6.69. The molecule has 0 saturated heterocycles. The van der Waals surface area contributed by atoms with Crippen molar-refractivity contribution in [1.82, 2.24) is 9.97 Å². The molecule has 6 nitrogen and oxygen atoms in total. The molecule has 0 radical (unpaired) electrons. The molecule has 0 amide bonds. The molecule has 0 aliphatic carbocycles. The third kappa shape index (κ3) is 2.52. The molecule has 0 aromatic carbocycles. The highest BCUT2D eigenvalue weighted by molar-refractivity contribution is 7.92. The van der Waals surface area contributed by atoms with Crippen molar-refractivity contribution in [1.29, 1.82) is 0 Å². The van der Waals surface area contributed by atoms with Gasteiger partial charge in [-0.2, -0.15) is 0 Å². The molecule has 2 aromatic rings. The van der Waals surface area contributed by atoms with Crippen LogP contribution in [0.5, 0.6) is 0 Å². The van der Waals surface area contributed by atoms with E-state index < -0.39 is 10.0 Å². The minimum absolute atomic E-state index is 0.0439. The molecule has 94 valence electrons. The van der Waals surface area contributed by atoms with E-state index in [2.05, 4.69) is 14.7 Å². The number of hydrogen-bond donors (Lipinski definition) is 2.